The van der Waals surface area contributed by atoms with E-state index in [1.165, 1.54) is 33.2 Å². The quantitative estimate of drug-likeness (QED) is 0.382. The Morgan fingerprint density at radius 3 is 2.53 bits per heavy atom. The van der Waals surface area contributed by atoms with Crippen LogP contribution in [0.5, 0.6) is 0 Å². The zero-order valence-electron chi connectivity index (χ0n) is 20.4. The largest absolute Gasteiger partial charge is 0.458 e. The molecule has 36 heavy (non-hydrogen) atoms. The fourth-order valence-electron chi connectivity index (χ4n) is 3.59. The first-order valence-electron chi connectivity index (χ1n) is 11.3. The van der Waals surface area contributed by atoms with Crippen LogP contribution in [0, 0.1) is 12.7 Å². The van der Waals surface area contributed by atoms with Crippen LogP contribution in [-0.4, -0.2) is 42.5 Å². The van der Waals surface area contributed by atoms with Crippen LogP contribution in [0.2, 0.25) is 0 Å². The number of thiophene rings is 1. The molecule has 1 N–H and O–H groups in total. The maximum Gasteiger partial charge on any atom is 0.248 e. The van der Waals surface area contributed by atoms with Crippen molar-refractivity contribution in [1.82, 2.24) is 30.4 Å². The van der Waals surface area contributed by atoms with Gasteiger partial charge < -0.3 is 14.6 Å². The molecular weight excluding hydrogens is 483 g/mol. The van der Waals surface area contributed by atoms with Crippen molar-refractivity contribution in [1.29, 1.82) is 0 Å². The third-order valence-electron chi connectivity index (χ3n) is 5.15. The van der Waals surface area contributed by atoms with Gasteiger partial charge in [-0.1, -0.05) is 18.2 Å². The third-order valence-corrected chi connectivity index (χ3v) is 6.07. The molecular formula is C25H27FN6O3S. The predicted molar refractivity (Wildman–Crippen MR) is 132 cm³/mol. The molecule has 0 radical (unpaired) electrons. The summed E-state index contributed by atoms with van der Waals surface area (Å²) in [6.07, 6.45) is 0. The number of tetrazole rings is 1. The normalized spacial score (nSPS) is 12.4. The van der Waals surface area contributed by atoms with Gasteiger partial charge in [-0.2, -0.15) is 4.80 Å². The first kappa shape index (κ1) is 25.2. The van der Waals surface area contributed by atoms with Gasteiger partial charge >= 0.3 is 0 Å². The molecule has 0 aliphatic rings. The standard InChI is InChI=1S/C25H27FN6O3S/c1-16-7-12-19(35-16)23-28-30-32(29-23)15-21(33)31(14-17-8-10-18(26)11-9-17)22(20-6-5-13-36-20)24(34)27-25(2,3)4/h5-13,22H,14-15H2,1-4H3,(H,27,34)/t22-/m0/s1. The molecule has 0 saturated carbocycles. The molecule has 0 unspecified atom stereocenters. The molecule has 9 nitrogen and oxygen atoms in total. The highest BCUT2D eigenvalue weighted by atomic mass is 32.1. The Morgan fingerprint density at radius 2 is 1.92 bits per heavy atom. The molecule has 0 aliphatic heterocycles. The molecule has 2 amide bonds. The maximum atomic E-state index is 13.7. The number of carbonyl (C=O) groups excluding carboxylic acids is 2. The minimum atomic E-state index is -0.905. The molecule has 0 spiro atoms. The summed E-state index contributed by atoms with van der Waals surface area (Å²) in [6.45, 7) is 7.26. The Hall–Kier alpha value is -3.86. The monoisotopic (exact) mass is 510 g/mol. The zero-order valence-corrected chi connectivity index (χ0v) is 21.3. The van der Waals surface area contributed by atoms with Crippen molar-refractivity contribution < 1.29 is 18.4 Å². The van der Waals surface area contributed by atoms with E-state index >= 15 is 0 Å². The molecule has 0 saturated heterocycles. The molecule has 0 aliphatic carbocycles. The average Bonchev–Trinajstić information content (AvgIpc) is 3.56. The second kappa shape index (κ2) is 10.4. The summed E-state index contributed by atoms with van der Waals surface area (Å²) in [4.78, 5) is 30.5. The first-order chi connectivity index (χ1) is 17.1. The van der Waals surface area contributed by atoms with Gasteiger partial charge in [-0.25, -0.2) is 4.39 Å². The van der Waals surface area contributed by atoms with E-state index in [1.54, 1.807) is 31.2 Å². The van der Waals surface area contributed by atoms with Gasteiger partial charge in [-0.05, 0) is 74.2 Å². The van der Waals surface area contributed by atoms with Crippen molar-refractivity contribution >= 4 is 23.2 Å². The number of halogens is 1. The topological polar surface area (TPSA) is 106 Å². The predicted octanol–water partition coefficient (Wildman–Crippen LogP) is 4.13. The number of benzene rings is 1. The zero-order chi connectivity index (χ0) is 25.9. The van der Waals surface area contributed by atoms with Crippen molar-refractivity contribution in [2.45, 2.75) is 52.4 Å². The Bertz CT molecular complexity index is 1320. The van der Waals surface area contributed by atoms with E-state index in [0.29, 0.717) is 22.0 Å². The number of hydrogen-bond acceptors (Lipinski definition) is 7. The summed E-state index contributed by atoms with van der Waals surface area (Å²) < 4.78 is 19.1. The molecule has 11 heteroatoms. The van der Waals surface area contributed by atoms with Crippen molar-refractivity contribution in [3.05, 3.63) is 75.9 Å². The van der Waals surface area contributed by atoms with Crippen molar-refractivity contribution in [3.63, 3.8) is 0 Å². The molecule has 3 aromatic heterocycles. The Labute approximate surface area is 211 Å². The van der Waals surface area contributed by atoms with E-state index in [9.17, 15) is 14.0 Å². The van der Waals surface area contributed by atoms with Crippen LogP contribution in [-0.2, 0) is 22.7 Å². The fraction of sp³-hybridized carbons (Fsp3) is 0.320. The van der Waals surface area contributed by atoms with Gasteiger partial charge in [0.15, 0.2) is 5.76 Å². The first-order valence-corrected chi connectivity index (χ1v) is 12.2. The van der Waals surface area contributed by atoms with E-state index in [-0.39, 0.29) is 30.6 Å². The van der Waals surface area contributed by atoms with Crippen molar-refractivity contribution in [2.75, 3.05) is 0 Å². The molecule has 1 aromatic carbocycles. The minimum absolute atomic E-state index is 0.0815. The number of aromatic nitrogens is 4. The second-order valence-electron chi connectivity index (χ2n) is 9.36. The summed E-state index contributed by atoms with van der Waals surface area (Å²) in [7, 11) is 0. The van der Waals surface area contributed by atoms with Gasteiger partial charge in [0.2, 0.25) is 17.6 Å². The highest BCUT2D eigenvalue weighted by Gasteiger charge is 2.34. The van der Waals surface area contributed by atoms with Gasteiger partial charge in [0, 0.05) is 17.0 Å². The van der Waals surface area contributed by atoms with Gasteiger partial charge in [0.1, 0.15) is 24.2 Å². The summed E-state index contributed by atoms with van der Waals surface area (Å²) >= 11 is 1.38. The highest BCUT2D eigenvalue weighted by Crippen LogP contribution is 2.28. The van der Waals surface area contributed by atoms with E-state index in [1.807, 2.05) is 38.3 Å². The Kier molecular flexibility index (Phi) is 7.30. The molecule has 1 atom stereocenters. The smallest absolute Gasteiger partial charge is 0.248 e. The van der Waals surface area contributed by atoms with Crippen LogP contribution in [0.4, 0.5) is 4.39 Å². The SMILES string of the molecule is Cc1ccc(-c2nnn(CC(=O)N(Cc3ccc(F)cc3)[C@H](C(=O)NC(C)(C)C)c3cccs3)n2)o1. The molecule has 0 bridgehead atoms. The number of furan rings is 1. The number of nitrogens with zero attached hydrogens (tertiary/aromatic N) is 5. The number of aryl methyl sites for hydroxylation is 1. The molecule has 188 valence electrons. The number of nitrogens with one attached hydrogen (secondary N) is 1. The van der Waals surface area contributed by atoms with Crippen molar-refractivity contribution in [2.24, 2.45) is 0 Å². The third kappa shape index (κ3) is 6.22. The van der Waals surface area contributed by atoms with Crippen LogP contribution < -0.4 is 5.32 Å². The molecule has 0 fully saturated rings. The lowest BCUT2D eigenvalue weighted by Crippen LogP contribution is -2.49. The summed E-state index contributed by atoms with van der Waals surface area (Å²) in [5, 5.41) is 17.1. The van der Waals surface area contributed by atoms with Gasteiger partial charge in [0.25, 0.3) is 0 Å². The van der Waals surface area contributed by atoms with Crippen LogP contribution in [0.15, 0.2) is 58.3 Å². The number of amides is 2. The summed E-state index contributed by atoms with van der Waals surface area (Å²) in [5.74, 6) is 0.285. The number of hydrogen-bond donors (Lipinski definition) is 1. The van der Waals surface area contributed by atoms with E-state index in [0.717, 1.165) is 0 Å². The Balaban J connectivity index is 1.66. The van der Waals surface area contributed by atoms with Gasteiger partial charge in [-0.3, -0.25) is 9.59 Å². The lowest BCUT2D eigenvalue weighted by Gasteiger charge is -2.33. The van der Waals surface area contributed by atoms with Gasteiger partial charge in [0.05, 0.1) is 0 Å². The maximum absolute atomic E-state index is 13.7. The average molecular weight is 511 g/mol. The fourth-order valence-corrected chi connectivity index (χ4v) is 4.43. The minimum Gasteiger partial charge on any atom is -0.458 e. The van der Waals surface area contributed by atoms with Crippen LogP contribution in [0.3, 0.4) is 0 Å². The Morgan fingerprint density at radius 1 is 1.17 bits per heavy atom. The molecule has 4 rings (SSSR count). The lowest BCUT2D eigenvalue weighted by molar-refractivity contribution is -0.143. The van der Waals surface area contributed by atoms with E-state index in [2.05, 4.69) is 20.7 Å². The van der Waals surface area contributed by atoms with Crippen LogP contribution >= 0.6 is 11.3 Å². The van der Waals surface area contributed by atoms with Crippen molar-refractivity contribution in [3.8, 4) is 11.6 Å². The summed E-state index contributed by atoms with van der Waals surface area (Å²) in [5.41, 5.74) is 0.161. The van der Waals surface area contributed by atoms with Crippen LogP contribution in [0.1, 0.15) is 43.0 Å². The molecule has 4 aromatic rings. The molecule has 3 heterocycles. The van der Waals surface area contributed by atoms with Crippen LogP contribution in [0.25, 0.3) is 11.6 Å². The second-order valence-corrected chi connectivity index (χ2v) is 10.3. The number of rotatable bonds is 8. The van der Waals surface area contributed by atoms with E-state index in [4.69, 9.17) is 4.42 Å². The summed E-state index contributed by atoms with van der Waals surface area (Å²) in [6, 6.07) is 12.1. The van der Waals surface area contributed by atoms with E-state index < -0.39 is 17.5 Å². The highest BCUT2D eigenvalue weighted by molar-refractivity contribution is 7.10. The van der Waals surface area contributed by atoms with Gasteiger partial charge in [-0.15, -0.1) is 21.5 Å². The lowest BCUT2D eigenvalue weighted by atomic mass is 10.1. The number of carbonyl (C=O) groups is 2.